The maximum Gasteiger partial charge on any atom is 0.241 e. The topological polar surface area (TPSA) is 76.4 Å². The van der Waals surface area contributed by atoms with Gasteiger partial charge in [0.15, 0.2) is 5.78 Å². The normalized spacial score (nSPS) is 13.0. The van der Waals surface area contributed by atoms with Gasteiger partial charge < -0.3 is 4.42 Å². The molecule has 1 aromatic heterocycles. The van der Waals surface area contributed by atoms with Gasteiger partial charge in [-0.25, -0.2) is 13.1 Å². The molecule has 0 aliphatic rings. The summed E-state index contributed by atoms with van der Waals surface area (Å²) in [5, 5.41) is 0. The van der Waals surface area contributed by atoms with Gasteiger partial charge in [0.2, 0.25) is 10.0 Å². The SMILES string of the molecule is CCC[C@@H](NS(=O)(=O)c1ccc(C)cc1)c1cc(C(C)=O)c(C)o1. The molecule has 0 bridgehead atoms. The summed E-state index contributed by atoms with van der Waals surface area (Å²) in [6.45, 7) is 7.04. The fourth-order valence-electron chi connectivity index (χ4n) is 2.55. The summed E-state index contributed by atoms with van der Waals surface area (Å²) in [4.78, 5) is 11.8. The van der Waals surface area contributed by atoms with Crippen LogP contribution in [-0.2, 0) is 10.0 Å². The van der Waals surface area contributed by atoms with Crippen LogP contribution in [0.3, 0.4) is 0 Å². The first-order valence-corrected chi connectivity index (χ1v) is 9.43. The molecule has 0 fully saturated rings. The lowest BCUT2D eigenvalue weighted by Gasteiger charge is -2.16. The summed E-state index contributed by atoms with van der Waals surface area (Å²) < 4.78 is 33.6. The molecule has 0 aliphatic carbocycles. The molecule has 0 spiro atoms. The van der Waals surface area contributed by atoms with Gasteiger partial charge >= 0.3 is 0 Å². The second kappa shape index (κ2) is 7.32. The van der Waals surface area contributed by atoms with Crippen molar-refractivity contribution >= 4 is 15.8 Å². The number of hydrogen-bond acceptors (Lipinski definition) is 4. The number of aryl methyl sites for hydroxylation is 2. The molecular weight excluding hydrogens is 326 g/mol. The zero-order valence-corrected chi connectivity index (χ0v) is 15.2. The van der Waals surface area contributed by atoms with E-state index in [1.165, 1.54) is 6.92 Å². The van der Waals surface area contributed by atoms with Crippen molar-refractivity contribution in [2.75, 3.05) is 0 Å². The van der Waals surface area contributed by atoms with Crippen LogP contribution in [-0.4, -0.2) is 14.2 Å². The molecule has 6 heteroatoms. The van der Waals surface area contributed by atoms with E-state index in [0.29, 0.717) is 23.5 Å². The van der Waals surface area contributed by atoms with Gasteiger partial charge in [-0.1, -0.05) is 31.0 Å². The molecule has 1 heterocycles. The van der Waals surface area contributed by atoms with E-state index in [1.807, 2.05) is 13.8 Å². The molecule has 0 unspecified atom stereocenters. The molecule has 0 saturated carbocycles. The van der Waals surface area contributed by atoms with Crippen molar-refractivity contribution in [1.82, 2.24) is 4.72 Å². The van der Waals surface area contributed by atoms with Crippen molar-refractivity contribution in [2.45, 2.75) is 51.5 Å². The number of benzene rings is 1. The largest absolute Gasteiger partial charge is 0.464 e. The van der Waals surface area contributed by atoms with Gasteiger partial charge in [-0.15, -0.1) is 0 Å². The summed E-state index contributed by atoms with van der Waals surface area (Å²) in [5.74, 6) is 0.877. The Kier molecular flexibility index (Phi) is 5.62. The zero-order chi connectivity index (χ0) is 17.9. The van der Waals surface area contributed by atoms with Gasteiger partial charge in [0.1, 0.15) is 11.5 Å². The van der Waals surface area contributed by atoms with Gasteiger partial charge in [-0.05, 0) is 45.4 Å². The minimum Gasteiger partial charge on any atom is -0.464 e. The van der Waals surface area contributed by atoms with E-state index in [2.05, 4.69) is 4.72 Å². The number of ketones is 1. The Morgan fingerprint density at radius 3 is 2.33 bits per heavy atom. The molecule has 1 N–H and O–H groups in total. The Bertz CT molecular complexity index is 819. The van der Waals surface area contributed by atoms with Gasteiger partial charge in [-0.3, -0.25) is 4.79 Å². The third-order valence-electron chi connectivity index (χ3n) is 3.87. The fourth-order valence-corrected chi connectivity index (χ4v) is 3.79. The lowest BCUT2D eigenvalue weighted by Crippen LogP contribution is -2.28. The number of furan rings is 1. The highest BCUT2D eigenvalue weighted by Crippen LogP contribution is 2.26. The number of carbonyl (C=O) groups excluding carboxylic acids is 1. The number of rotatable bonds is 7. The van der Waals surface area contributed by atoms with Crippen LogP contribution in [0, 0.1) is 13.8 Å². The molecule has 24 heavy (non-hydrogen) atoms. The summed E-state index contributed by atoms with van der Waals surface area (Å²) in [7, 11) is -3.67. The molecule has 130 valence electrons. The second-order valence-corrected chi connectivity index (χ2v) is 7.66. The molecule has 0 radical (unpaired) electrons. The minimum atomic E-state index is -3.67. The van der Waals surface area contributed by atoms with Crippen molar-refractivity contribution < 1.29 is 17.6 Å². The van der Waals surface area contributed by atoms with Crippen molar-refractivity contribution in [3.05, 3.63) is 53.0 Å². The van der Waals surface area contributed by atoms with Gasteiger partial charge in [0.05, 0.1) is 16.5 Å². The lowest BCUT2D eigenvalue weighted by molar-refractivity contribution is 0.101. The first kappa shape index (κ1) is 18.4. The summed E-state index contributed by atoms with van der Waals surface area (Å²) >= 11 is 0. The summed E-state index contributed by atoms with van der Waals surface area (Å²) in [6, 6.07) is 7.80. The van der Waals surface area contributed by atoms with E-state index in [1.54, 1.807) is 37.3 Å². The average molecular weight is 349 g/mol. The molecule has 1 aromatic carbocycles. The number of sulfonamides is 1. The van der Waals surface area contributed by atoms with Crippen molar-refractivity contribution in [2.24, 2.45) is 0 Å². The maximum atomic E-state index is 12.6. The summed E-state index contributed by atoms with van der Waals surface area (Å²) in [5.41, 5.74) is 1.48. The van der Waals surface area contributed by atoms with Crippen LogP contribution in [0.25, 0.3) is 0 Å². The third kappa shape index (κ3) is 4.13. The number of carbonyl (C=O) groups is 1. The van der Waals surface area contributed by atoms with Crippen molar-refractivity contribution in [3.63, 3.8) is 0 Å². The molecular formula is C18H23NO4S. The molecule has 0 aliphatic heterocycles. The summed E-state index contributed by atoms with van der Waals surface area (Å²) in [6.07, 6.45) is 1.35. The third-order valence-corrected chi connectivity index (χ3v) is 5.35. The minimum absolute atomic E-state index is 0.0980. The standard InChI is InChI=1S/C18H23NO4S/c1-5-6-17(18-11-16(13(3)20)14(4)23-18)19-24(21,22)15-9-7-12(2)8-10-15/h7-11,17,19H,5-6H2,1-4H3/t17-/m1/s1. The smallest absolute Gasteiger partial charge is 0.241 e. The molecule has 2 rings (SSSR count). The lowest BCUT2D eigenvalue weighted by atomic mass is 10.1. The zero-order valence-electron chi connectivity index (χ0n) is 14.4. The first-order valence-electron chi connectivity index (χ1n) is 7.95. The van der Waals surface area contributed by atoms with Crippen LogP contribution in [0.2, 0.25) is 0 Å². The molecule has 1 atom stereocenters. The van der Waals surface area contributed by atoms with Gasteiger partial charge in [-0.2, -0.15) is 0 Å². The van der Waals surface area contributed by atoms with E-state index < -0.39 is 16.1 Å². The Morgan fingerprint density at radius 1 is 1.21 bits per heavy atom. The Hall–Kier alpha value is -1.92. The predicted molar refractivity (Wildman–Crippen MR) is 92.6 cm³/mol. The van der Waals surface area contributed by atoms with Gasteiger partial charge in [0, 0.05) is 0 Å². The average Bonchev–Trinajstić information content (AvgIpc) is 2.89. The van der Waals surface area contributed by atoms with E-state index in [-0.39, 0.29) is 10.7 Å². The van der Waals surface area contributed by atoms with E-state index >= 15 is 0 Å². The van der Waals surface area contributed by atoms with Crippen LogP contribution in [0.1, 0.15) is 60.2 Å². The Morgan fingerprint density at radius 2 is 1.83 bits per heavy atom. The second-order valence-electron chi connectivity index (χ2n) is 5.95. The van der Waals surface area contributed by atoms with Crippen LogP contribution in [0.5, 0.6) is 0 Å². The van der Waals surface area contributed by atoms with E-state index in [9.17, 15) is 13.2 Å². The Balaban J connectivity index is 2.32. The van der Waals surface area contributed by atoms with Crippen LogP contribution in [0.4, 0.5) is 0 Å². The first-order chi connectivity index (χ1) is 11.2. The molecule has 5 nitrogen and oxygen atoms in total. The number of hydrogen-bond donors (Lipinski definition) is 1. The highest BCUT2D eigenvalue weighted by atomic mass is 32.2. The predicted octanol–water partition coefficient (Wildman–Crippen LogP) is 3.92. The van der Waals surface area contributed by atoms with Crippen molar-refractivity contribution in [1.29, 1.82) is 0 Å². The van der Waals surface area contributed by atoms with Crippen LogP contribution in [0.15, 0.2) is 39.6 Å². The van der Waals surface area contributed by atoms with E-state index in [0.717, 1.165) is 12.0 Å². The monoisotopic (exact) mass is 349 g/mol. The van der Waals surface area contributed by atoms with Crippen LogP contribution >= 0.6 is 0 Å². The maximum absolute atomic E-state index is 12.6. The number of Topliss-reactive ketones (excluding diaryl/α,β-unsaturated/α-hetero) is 1. The molecule has 0 saturated heterocycles. The van der Waals surface area contributed by atoms with Gasteiger partial charge in [0.25, 0.3) is 0 Å². The van der Waals surface area contributed by atoms with Crippen LogP contribution < -0.4 is 4.72 Å². The molecule has 2 aromatic rings. The number of nitrogens with one attached hydrogen (secondary N) is 1. The fraction of sp³-hybridized carbons (Fsp3) is 0.389. The quantitative estimate of drug-likeness (QED) is 0.769. The highest BCUT2D eigenvalue weighted by molar-refractivity contribution is 7.89. The van der Waals surface area contributed by atoms with Crippen molar-refractivity contribution in [3.8, 4) is 0 Å². The highest BCUT2D eigenvalue weighted by Gasteiger charge is 2.25. The van der Waals surface area contributed by atoms with E-state index in [4.69, 9.17) is 4.42 Å². The molecule has 0 amide bonds. The Labute approximate surface area is 143 Å².